The molecule has 2 aromatic rings. The molecule has 4 nitrogen and oxygen atoms in total. The number of rotatable bonds is 4. The van der Waals surface area contributed by atoms with Gasteiger partial charge in [0.15, 0.2) is 0 Å². The highest BCUT2D eigenvalue weighted by atomic mass is 32.2. The summed E-state index contributed by atoms with van der Waals surface area (Å²) in [7, 11) is -2.96. The molecule has 5 heteroatoms. The zero-order valence-electron chi connectivity index (χ0n) is 13.7. The van der Waals surface area contributed by atoms with E-state index < -0.39 is 9.84 Å². The topological polar surface area (TPSA) is 59.1 Å². The molecular weight excluding hydrogens is 308 g/mol. The summed E-state index contributed by atoms with van der Waals surface area (Å²) in [5, 5.41) is 4.48. The molecule has 1 aliphatic rings. The van der Waals surface area contributed by atoms with Crippen molar-refractivity contribution in [2.75, 3.05) is 11.6 Å². The van der Waals surface area contributed by atoms with Crippen LogP contribution in [0.15, 0.2) is 30.3 Å². The van der Waals surface area contributed by atoms with E-state index in [-0.39, 0.29) is 11.3 Å². The van der Waals surface area contributed by atoms with E-state index in [1.807, 2.05) is 18.2 Å². The summed E-state index contributed by atoms with van der Waals surface area (Å²) >= 11 is 0. The maximum absolute atomic E-state index is 11.9. The van der Waals surface area contributed by atoms with Crippen LogP contribution in [0.25, 0.3) is 10.9 Å². The van der Waals surface area contributed by atoms with E-state index in [1.165, 1.54) is 6.26 Å². The summed E-state index contributed by atoms with van der Waals surface area (Å²) in [6.45, 7) is 2.10. The van der Waals surface area contributed by atoms with Gasteiger partial charge in [0.25, 0.3) is 0 Å². The molecule has 0 aliphatic heterocycles. The number of nitrogens with zero attached hydrogens (tertiary/aromatic N) is 1. The summed E-state index contributed by atoms with van der Waals surface area (Å²) in [4.78, 5) is 4.67. The van der Waals surface area contributed by atoms with Gasteiger partial charge >= 0.3 is 0 Å². The first-order valence-corrected chi connectivity index (χ1v) is 10.3. The molecule has 0 amide bonds. The molecule has 1 saturated carbocycles. The zero-order chi connectivity index (χ0) is 16.4. The Morgan fingerprint density at radius 2 is 2.04 bits per heavy atom. The van der Waals surface area contributed by atoms with Crippen LogP contribution in [0, 0.1) is 0 Å². The number of hydrogen-bond donors (Lipinski definition) is 1. The lowest BCUT2D eigenvalue weighted by Crippen LogP contribution is -2.34. The van der Waals surface area contributed by atoms with Gasteiger partial charge in [-0.3, -0.25) is 4.98 Å². The number of aryl methyl sites for hydroxylation is 1. The van der Waals surface area contributed by atoms with Crippen molar-refractivity contribution in [1.82, 2.24) is 4.98 Å². The second-order valence-corrected chi connectivity index (χ2v) is 8.82. The summed E-state index contributed by atoms with van der Waals surface area (Å²) < 4.78 is 23.7. The molecule has 2 atom stereocenters. The van der Waals surface area contributed by atoms with Crippen LogP contribution in [0.1, 0.15) is 38.3 Å². The maximum Gasteiger partial charge on any atom is 0.150 e. The van der Waals surface area contributed by atoms with Crippen molar-refractivity contribution >= 4 is 26.4 Å². The van der Waals surface area contributed by atoms with E-state index in [1.54, 1.807) is 0 Å². The lowest BCUT2D eigenvalue weighted by Gasteiger charge is -2.30. The predicted molar refractivity (Wildman–Crippen MR) is 95.6 cm³/mol. The van der Waals surface area contributed by atoms with Crippen molar-refractivity contribution in [2.24, 2.45) is 0 Å². The normalized spacial score (nSPS) is 22.2. The van der Waals surface area contributed by atoms with E-state index in [4.69, 9.17) is 0 Å². The number of nitrogens with one attached hydrogen (secondary N) is 1. The molecule has 1 aromatic heterocycles. The Labute approximate surface area is 138 Å². The molecule has 0 radical (unpaired) electrons. The quantitative estimate of drug-likeness (QED) is 0.930. The van der Waals surface area contributed by atoms with Gasteiger partial charge in [0.05, 0.1) is 10.8 Å². The molecule has 2 unspecified atom stereocenters. The van der Waals surface area contributed by atoms with Gasteiger partial charge in [-0.1, -0.05) is 31.5 Å². The third-order valence-corrected chi connectivity index (χ3v) is 6.36. The monoisotopic (exact) mass is 332 g/mol. The Balaban J connectivity index is 1.89. The van der Waals surface area contributed by atoms with Crippen molar-refractivity contribution in [3.63, 3.8) is 0 Å². The molecule has 1 aliphatic carbocycles. The van der Waals surface area contributed by atoms with E-state index in [0.717, 1.165) is 48.0 Å². The van der Waals surface area contributed by atoms with Gasteiger partial charge in [-0.25, -0.2) is 8.42 Å². The first-order chi connectivity index (χ1) is 11.0. The Morgan fingerprint density at radius 3 is 2.78 bits per heavy atom. The van der Waals surface area contributed by atoms with Gasteiger partial charge in [0, 0.05) is 29.1 Å². The molecule has 3 rings (SSSR count). The minimum Gasteiger partial charge on any atom is -0.382 e. The fourth-order valence-corrected chi connectivity index (χ4v) is 4.59. The first kappa shape index (κ1) is 16.2. The highest BCUT2D eigenvalue weighted by Gasteiger charge is 2.29. The van der Waals surface area contributed by atoms with Crippen molar-refractivity contribution in [3.05, 3.63) is 36.0 Å². The highest BCUT2D eigenvalue weighted by molar-refractivity contribution is 7.91. The third kappa shape index (κ3) is 3.66. The van der Waals surface area contributed by atoms with Gasteiger partial charge in [-0.2, -0.15) is 0 Å². The van der Waals surface area contributed by atoms with Gasteiger partial charge in [-0.05, 0) is 37.8 Å². The number of pyridine rings is 1. The number of benzene rings is 1. The highest BCUT2D eigenvalue weighted by Crippen LogP contribution is 2.29. The number of hydrogen-bond acceptors (Lipinski definition) is 4. The van der Waals surface area contributed by atoms with Crippen LogP contribution in [0.2, 0.25) is 0 Å². The molecule has 1 N–H and O–H groups in total. The second-order valence-electron chi connectivity index (χ2n) is 6.49. The molecule has 1 heterocycles. The first-order valence-electron chi connectivity index (χ1n) is 8.31. The molecule has 124 valence electrons. The third-order valence-electron chi connectivity index (χ3n) is 4.72. The van der Waals surface area contributed by atoms with E-state index in [0.29, 0.717) is 6.42 Å². The van der Waals surface area contributed by atoms with Crippen LogP contribution in [0.5, 0.6) is 0 Å². The van der Waals surface area contributed by atoms with Crippen molar-refractivity contribution in [1.29, 1.82) is 0 Å². The number of para-hydroxylation sites is 1. The fourth-order valence-electron chi connectivity index (χ4n) is 3.42. The van der Waals surface area contributed by atoms with E-state index in [2.05, 4.69) is 29.4 Å². The summed E-state index contributed by atoms with van der Waals surface area (Å²) in [5.74, 6) is 0. The van der Waals surface area contributed by atoms with Gasteiger partial charge in [0.1, 0.15) is 9.84 Å². The van der Waals surface area contributed by atoms with Crippen LogP contribution < -0.4 is 5.32 Å². The summed E-state index contributed by atoms with van der Waals surface area (Å²) in [6, 6.07) is 10.4. The lowest BCUT2D eigenvalue weighted by atomic mass is 9.94. The van der Waals surface area contributed by atoms with E-state index in [9.17, 15) is 8.42 Å². The predicted octanol–water partition coefficient (Wildman–Crippen LogP) is 3.56. The molecule has 0 bridgehead atoms. The van der Waals surface area contributed by atoms with Gasteiger partial charge in [0.2, 0.25) is 0 Å². The lowest BCUT2D eigenvalue weighted by molar-refractivity contribution is 0.453. The zero-order valence-corrected chi connectivity index (χ0v) is 14.6. The summed E-state index contributed by atoms with van der Waals surface area (Å²) in [5.41, 5.74) is 3.12. The van der Waals surface area contributed by atoms with Crippen LogP contribution in [-0.2, 0) is 16.3 Å². The van der Waals surface area contributed by atoms with Gasteiger partial charge in [-0.15, -0.1) is 0 Å². The molecule has 1 aromatic carbocycles. The van der Waals surface area contributed by atoms with Crippen LogP contribution in [0.4, 0.5) is 5.69 Å². The van der Waals surface area contributed by atoms with E-state index >= 15 is 0 Å². The fraction of sp³-hybridized carbons (Fsp3) is 0.500. The summed E-state index contributed by atoms with van der Waals surface area (Å²) in [6.07, 6.45) is 5.70. The van der Waals surface area contributed by atoms with Crippen LogP contribution >= 0.6 is 0 Å². The van der Waals surface area contributed by atoms with Crippen molar-refractivity contribution in [3.8, 4) is 0 Å². The largest absolute Gasteiger partial charge is 0.382 e. The Bertz CT molecular complexity index is 802. The average molecular weight is 332 g/mol. The van der Waals surface area contributed by atoms with Crippen LogP contribution in [-0.4, -0.2) is 30.9 Å². The Kier molecular flexibility index (Phi) is 4.57. The standard InChI is InChI=1S/C18H24N2O2S/c1-3-13-12-18(16-9-4-5-10-17(16)19-13)20-14-7-6-8-15(11-14)23(2,21)22/h4-5,9-10,12,14-15H,3,6-8,11H2,1-2H3,(H,19,20). The number of aromatic nitrogens is 1. The van der Waals surface area contributed by atoms with Crippen molar-refractivity contribution < 1.29 is 8.42 Å². The molecule has 0 spiro atoms. The maximum atomic E-state index is 11.9. The number of fused-ring (bicyclic) bond motifs is 1. The van der Waals surface area contributed by atoms with Crippen molar-refractivity contribution in [2.45, 2.75) is 50.3 Å². The number of anilines is 1. The molecule has 0 saturated heterocycles. The Hall–Kier alpha value is -1.62. The van der Waals surface area contributed by atoms with Crippen LogP contribution in [0.3, 0.4) is 0 Å². The molecule has 1 fully saturated rings. The second kappa shape index (κ2) is 6.48. The SMILES string of the molecule is CCc1cc(NC2CCCC(S(C)(=O)=O)C2)c2ccccc2n1. The number of sulfone groups is 1. The smallest absolute Gasteiger partial charge is 0.150 e. The minimum atomic E-state index is -2.96. The minimum absolute atomic E-state index is 0.207. The van der Waals surface area contributed by atoms with Gasteiger partial charge < -0.3 is 5.32 Å². The molecule has 23 heavy (non-hydrogen) atoms. The Morgan fingerprint density at radius 1 is 1.26 bits per heavy atom. The molecular formula is C18H24N2O2S. The average Bonchev–Trinajstić information content (AvgIpc) is 2.54.